The second-order valence-electron chi connectivity index (χ2n) is 9.73. The van der Waals surface area contributed by atoms with Crippen molar-refractivity contribution >= 4 is 11.8 Å². The summed E-state index contributed by atoms with van der Waals surface area (Å²) in [4.78, 5) is 36.7. The Bertz CT molecular complexity index is 700. The number of esters is 1. The lowest BCUT2D eigenvalue weighted by Gasteiger charge is -2.58. The van der Waals surface area contributed by atoms with E-state index in [1.165, 1.54) is 7.11 Å². The van der Waals surface area contributed by atoms with Crippen molar-refractivity contribution in [3.63, 3.8) is 0 Å². The van der Waals surface area contributed by atoms with E-state index >= 15 is 0 Å². The number of hydrogen-bond acceptors (Lipinski definition) is 5. The van der Waals surface area contributed by atoms with Crippen LogP contribution in [0.3, 0.4) is 0 Å². The van der Waals surface area contributed by atoms with E-state index in [1.54, 1.807) is 12.2 Å². The summed E-state index contributed by atoms with van der Waals surface area (Å²) in [6.07, 6.45) is 9.24. The number of rotatable bonds is 3. The third-order valence-corrected chi connectivity index (χ3v) is 6.70. The van der Waals surface area contributed by atoms with Gasteiger partial charge in [-0.1, -0.05) is 13.3 Å². The molecule has 2 fully saturated rings. The van der Waals surface area contributed by atoms with Crippen LogP contribution >= 0.6 is 0 Å². The molecule has 0 saturated heterocycles. The van der Waals surface area contributed by atoms with Crippen molar-refractivity contribution in [2.24, 2.45) is 16.7 Å². The second-order valence-corrected chi connectivity index (χ2v) is 9.73. The number of hydrogen-bond donors (Lipinski definition) is 0. The molecule has 0 bridgehead atoms. The molecule has 3 aliphatic carbocycles. The molecule has 5 heteroatoms. The van der Waals surface area contributed by atoms with Gasteiger partial charge in [0.15, 0.2) is 5.78 Å². The molecule has 0 heterocycles. The van der Waals surface area contributed by atoms with E-state index < -0.39 is 16.6 Å². The summed E-state index contributed by atoms with van der Waals surface area (Å²) in [6, 6.07) is 0. The summed E-state index contributed by atoms with van der Waals surface area (Å²) in [6.45, 7) is 10.00. The van der Waals surface area contributed by atoms with Gasteiger partial charge in [0, 0.05) is 0 Å². The van der Waals surface area contributed by atoms with Gasteiger partial charge in [0.05, 0.1) is 18.1 Å². The standard InChI is InChI=1S/C22H32O5/c1-19(2,3)26-27-22-12-8-15(23)14-17(22)20(4)10-7-11-21(5,18(24)25-6)16(20)9-13-22/h8,12,14,16H,7,9-11,13H2,1-6H3/t16-,20+,21+,22-/m1/s1. The number of ether oxygens (including phenoxy) is 1. The molecule has 0 aromatic rings. The Kier molecular flexibility index (Phi) is 4.92. The first kappa shape index (κ1) is 20.3. The Hall–Kier alpha value is -1.46. The first-order valence-corrected chi connectivity index (χ1v) is 9.88. The van der Waals surface area contributed by atoms with Gasteiger partial charge in [0.2, 0.25) is 0 Å². The van der Waals surface area contributed by atoms with E-state index in [0.717, 1.165) is 31.3 Å². The maximum Gasteiger partial charge on any atom is 0.311 e. The predicted molar refractivity (Wildman–Crippen MR) is 102 cm³/mol. The molecule has 3 aliphatic rings. The topological polar surface area (TPSA) is 61.8 Å². The fourth-order valence-corrected chi connectivity index (χ4v) is 5.47. The van der Waals surface area contributed by atoms with E-state index in [9.17, 15) is 9.59 Å². The Morgan fingerprint density at radius 1 is 1.19 bits per heavy atom. The van der Waals surface area contributed by atoms with Crippen LogP contribution in [0.2, 0.25) is 0 Å². The van der Waals surface area contributed by atoms with Gasteiger partial charge in [-0.25, -0.2) is 9.78 Å². The highest BCUT2D eigenvalue weighted by Crippen LogP contribution is 2.63. The average molecular weight is 376 g/mol. The molecule has 0 amide bonds. The number of methoxy groups -OCH3 is 1. The lowest BCUT2D eigenvalue weighted by atomic mass is 9.46. The van der Waals surface area contributed by atoms with Crippen LogP contribution in [-0.4, -0.2) is 30.1 Å². The fourth-order valence-electron chi connectivity index (χ4n) is 5.47. The lowest BCUT2D eigenvalue weighted by molar-refractivity contribution is -0.392. The normalized spacial score (nSPS) is 38.7. The number of ketones is 1. The van der Waals surface area contributed by atoms with Gasteiger partial charge >= 0.3 is 5.97 Å². The lowest BCUT2D eigenvalue weighted by Crippen LogP contribution is -2.57. The van der Waals surface area contributed by atoms with E-state index in [1.807, 2.05) is 33.8 Å². The van der Waals surface area contributed by atoms with Crippen LogP contribution in [-0.2, 0) is 24.1 Å². The highest BCUT2D eigenvalue weighted by atomic mass is 17.2. The number of allylic oxidation sites excluding steroid dienone is 2. The van der Waals surface area contributed by atoms with Gasteiger partial charge in [-0.05, 0) is 88.5 Å². The summed E-state index contributed by atoms with van der Waals surface area (Å²) in [7, 11) is 1.46. The Morgan fingerprint density at radius 3 is 2.52 bits per heavy atom. The molecule has 0 radical (unpaired) electrons. The van der Waals surface area contributed by atoms with Crippen molar-refractivity contribution in [2.75, 3.05) is 7.11 Å². The molecule has 0 aliphatic heterocycles. The Balaban J connectivity index is 2.03. The average Bonchev–Trinajstić information content (AvgIpc) is 2.59. The van der Waals surface area contributed by atoms with Gasteiger partial charge in [-0.15, -0.1) is 0 Å². The van der Waals surface area contributed by atoms with Crippen LogP contribution in [0.25, 0.3) is 0 Å². The van der Waals surface area contributed by atoms with Gasteiger partial charge in [0.25, 0.3) is 0 Å². The quantitative estimate of drug-likeness (QED) is 0.417. The van der Waals surface area contributed by atoms with E-state index in [0.29, 0.717) is 6.42 Å². The van der Waals surface area contributed by atoms with Crippen molar-refractivity contribution in [2.45, 2.75) is 77.9 Å². The molecule has 27 heavy (non-hydrogen) atoms. The molecular weight excluding hydrogens is 344 g/mol. The van der Waals surface area contributed by atoms with Crippen LogP contribution in [0.1, 0.15) is 66.7 Å². The van der Waals surface area contributed by atoms with Crippen LogP contribution in [0.15, 0.2) is 23.8 Å². The van der Waals surface area contributed by atoms with E-state index in [4.69, 9.17) is 14.5 Å². The smallest absolute Gasteiger partial charge is 0.311 e. The highest BCUT2D eigenvalue weighted by molar-refractivity contribution is 6.01. The third kappa shape index (κ3) is 3.29. The minimum absolute atomic E-state index is 0.0350. The zero-order valence-electron chi connectivity index (χ0n) is 17.4. The van der Waals surface area contributed by atoms with Crippen molar-refractivity contribution in [1.82, 2.24) is 0 Å². The maximum absolute atomic E-state index is 12.7. The van der Waals surface area contributed by atoms with Crippen LogP contribution in [0, 0.1) is 16.7 Å². The number of carbonyl (C=O) groups is 2. The summed E-state index contributed by atoms with van der Waals surface area (Å²) in [5, 5.41) is 0. The first-order chi connectivity index (χ1) is 12.5. The SMILES string of the molecule is COC(=O)[C@@]1(C)CCC[C@]2(C)C3=CC(=O)C=C[C@@]3(OOC(C)(C)C)CC[C@@H]12. The molecule has 0 spiro atoms. The van der Waals surface area contributed by atoms with E-state index in [-0.39, 0.29) is 23.1 Å². The zero-order valence-corrected chi connectivity index (χ0v) is 17.4. The number of fused-ring (bicyclic) bond motifs is 3. The molecular formula is C22H32O5. The Morgan fingerprint density at radius 2 is 1.89 bits per heavy atom. The minimum atomic E-state index is -0.749. The Labute approximate surface area is 162 Å². The van der Waals surface area contributed by atoms with Crippen LogP contribution in [0.5, 0.6) is 0 Å². The fraction of sp³-hybridized carbons (Fsp3) is 0.727. The summed E-state index contributed by atoms with van der Waals surface area (Å²) >= 11 is 0. The predicted octanol–water partition coefficient (Wildman–Crippen LogP) is 4.32. The van der Waals surface area contributed by atoms with Crippen molar-refractivity contribution in [1.29, 1.82) is 0 Å². The van der Waals surface area contributed by atoms with Crippen molar-refractivity contribution in [3.05, 3.63) is 23.8 Å². The van der Waals surface area contributed by atoms with Gasteiger partial charge in [-0.2, -0.15) is 0 Å². The molecule has 3 rings (SSSR count). The van der Waals surface area contributed by atoms with E-state index in [2.05, 4.69) is 6.92 Å². The van der Waals surface area contributed by atoms with Crippen LogP contribution < -0.4 is 0 Å². The van der Waals surface area contributed by atoms with Crippen molar-refractivity contribution < 1.29 is 24.1 Å². The molecule has 150 valence electrons. The van der Waals surface area contributed by atoms with Gasteiger partial charge in [-0.3, -0.25) is 9.59 Å². The molecule has 5 nitrogen and oxygen atoms in total. The molecule has 0 aromatic carbocycles. The summed E-state index contributed by atoms with van der Waals surface area (Å²) in [5.74, 6) is -0.0913. The molecule has 0 unspecified atom stereocenters. The monoisotopic (exact) mass is 376 g/mol. The van der Waals surface area contributed by atoms with Gasteiger partial charge < -0.3 is 4.74 Å². The number of carbonyl (C=O) groups excluding carboxylic acids is 2. The molecule has 4 atom stereocenters. The zero-order chi connectivity index (χ0) is 20.1. The summed E-state index contributed by atoms with van der Waals surface area (Å²) < 4.78 is 5.17. The van der Waals surface area contributed by atoms with Crippen molar-refractivity contribution in [3.8, 4) is 0 Å². The summed E-state index contributed by atoms with van der Waals surface area (Å²) in [5.41, 5.74) is -1.14. The molecule has 0 aromatic heterocycles. The van der Waals surface area contributed by atoms with Gasteiger partial charge in [0.1, 0.15) is 5.60 Å². The molecule has 0 N–H and O–H groups in total. The molecule has 2 saturated carbocycles. The highest BCUT2D eigenvalue weighted by Gasteiger charge is 2.61. The third-order valence-electron chi connectivity index (χ3n) is 6.70. The first-order valence-electron chi connectivity index (χ1n) is 9.88. The minimum Gasteiger partial charge on any atom is -0.469 e. The maximum atomic E-state index is 12.7. The largest absolute Gasteiger partial charge is 0.469 e. The van der Waals surface area contributed by atoms with Crippen LogP contribution in [0.4, 0.5) is 0 Å². The second kappa shape index (κ2) is 6.56.